The van der Waals surface area contributed by atoms with E-state index in [2.05, 4.69) is 27.8 Å². The number of benzene rings is 2. The number of hydrogen-bond donors (Lipinski definition) is 2. The summed E-state index contributed by atoms with van der Waals surface area (Å²) in [6, 6.07) is 14.4. The van der Waals surface area contributed by atoms with Crippen LogP contribution in [0.5, 0.6) is 0 Å². The summed E-state index contributed by atoms with van der Waals surface area (Å²) in [5, 5.41) is 13.7. The van der Waals surface area contributed by atoms with Crippen molar-refractivity contribution in [1.82, 2.24) is 14.8 Å². The van der Waals surface area contributed by atoms with Gasteiger partial charge in [0.1, 0.15) is 12.2 Å². The normalized spacial score (nSPS) is 17.8. The summed E-state index contributed by atoms with van der Waals surface area (Å²) in [7, 11) is 0. The third kappa shape index (κ3) is 3.64. The van der Waals surface area contributed by atoms with Crippen LogP contribution in [0.15, 0.2) is 54.9 Å². The predicted octanol–water partition coefficient (Wildman–Crippen LogP) is 3.42. The first kappa shape index (κ1) is 17.9. The standard InChI is InChI=1S/C21H21N5O2/c1-13-10-17(13)21(28)23-16-7-5-6-15(11-16)20(27)24-18-8-3-4-9-19(18)26-12-22-25-14(26)2/h3-9,11-13,17H,10H2,1-2H3,(H,23,28)(H,24,27)/t13-,17-/m1/s1. The number of aryl methyl sites for hydroxylation is 1. The second kappa shape index (κ2) is 7.26. The smallest absolute Gasteiger partial charge is 0.255 e. The molecular formula is C21H21N5O2. The molecule has 2 atom stereocenters. The molecule has 0 saturated heterocycles. The highest BCUT2D eigenvalue weighted by Crippen LogP contribution is 2.38. The van der Waals surface area contributed by atoms with Gasteiger partial charge in [0.15, 0.2) is 0 Å². The van der Waals surface area contributed by atoms with Gasteiger partial charge < -0.3 is 10.6 Å². The zero-order valence-corrected chi connectivity index (χ0v) is 15.7. The number of anilines is 2. The highest BCUT2D eigenvalue weighted by atomic mass is 16.2. The first-order valence-electron chi connectivity index (χ1n) is 9.21. The van der Waals surface area contributed by atoms with Crippen molar-refractivity contribution in [3.8, 4) is 5.69 Å². The molecule has 7 nitrogen and oxygen atoms in total. The fourth-order valence-electron chi connectivity index (χ4n) is 3.17. The zero-order chi connectivity index (χ0) is 19.7. The number of aromatic nitrogens is 3. The molecule has 1 aliphatic rings. The Balaban J connectivity index is 1.53. The van der Waals surface area contributed by atoms with Crippen molar-refractivity contribution in [2.24, 2.45) is 11.8 Å². The van der Waals surface area contributed by atoms with Crippen molar-refractivity contribution in [2.75, 3.05) is 10.6 Å². The van der Waals surface area contributed by atoms with Crippen molar-refractivity contribution in [3.63, 3.8) is 0 Å². The van der Waals surface area contributed by atoms with E-state index in [-0.39, 0.29) is 17.7 Å². The fourth-order valence-corrected chi connectivity index (χ4v) is 3.17. The minimum Gasteiger partial charge on any atom is -0.326 e. The summed E-state index contributed by atoms with van der Waals surface area (Å²) in [6.45, 7) is 3.90. The molecule has 1 fully saturated rings. The molecule has 3 aromatic rings. The van der Waals surface area contributed by atoms with Crippen LogP contribution in [0.25, 0.3) is 5.69 Å². The van der Waals surface area contributed by atoms with Crippen molar-refractivity contribution in [3.05, 3.63) is 66.2 Å². The molecule has 0 spiro atoms. The van der Waals surface area contributed by atoms with Crippen LogP contribution in [-0.4, -0.2) is 26.6 Å². The Morgan fingerprint density at radius 1 is 1.11 bits per heavy atom. The second-order valence-electron chi connectivity index (χ2n) is 7.11. The Morgan fingerprint density at radius 3 is 2.61 bits per heavy atom. The van der Waals surface area contributed by atoms with Crippen molar-refractivity contribution < 1.29 is 9.59 Å². The maximum atomic E-state index is 12.8. The molecule has 142 valence electrons. The van der Waals surface area contributed by atoms with Gasteiger partial charge >= 0.3 is 0 Å². The molecule has 0 radical (unpaired) electrons. The van der Waals surface area contributed by atoms with E-state index in [0.29, 0.717) is 22.9 Å². The number of carbonyl (C=O) groups excluding carboxylic acids is 2. The van der Waals surface area contributed by atoms with Crippen molar-refractivity contribution in [1.29, 1.82) is 0 Å². The van der Waals surface area contributed by atoms with E-state index in [0.717, 1.165) is 17.9 Å². The highest BCUT2D eigenvalue weighted by Gasteiger charge is 2.39. The molecule has 0 aliphatic heterocycles. The third-order valence-corrected chi connectivity index (χ3v) is 4.97. The summed E-state index contributed by atoms with van der Waals surface area (Å²) in [6.07, 6.45) is 2.53. The van der Waals surface area contributed by atoms with Crippen LogP contribution >= 0.6 is 0 Å². The van der Waals surface area contributed by atoms with E-state index in [1.807, 2.05) is 35.8 Å². The van der Waals surface area contributed by atoms with Gasteiger partial charge in [0.05, 0.1) is 11.4 Å². The minimum atomic E-state index is -0.255. The van der Waals surface area contributed by atoms with Crippen LogP contribution in [0.2, 0.25) is 0 Å². The zero-order valence-electron chi connectivity index (χ0n) is 15.7. The summed E-state index contributed by atoms with van der Waals surface area (Å²) in [4.78, 5) is 24.9. The van der Waals surface area contributed by atoms with Crippen LogP contribution in [0.3, 0.4) is 0 Å². The quantitative estimate of drug-likeness (QED) is 0.715. The number of nitrogens with zero attached hydrogens (tertiary/aromatic N) is 3. The number of para-hydroxylation sites is 2. The minimum absolute atomic E-state index is 0.0125. The number of nitrogens with one attached hydrogen (secondary N) is 2. The lowest BCUT2D eigenvalue weighted by Crippen LogP contribution is -2.16. The Hall–Kier alpha value is -3.48. The van der Waals surface area contributed by atoms with Gasteiger partial charge in [-0.3, -0.25) is 14.2 Å². The molecule has 0 unspecified atom stereocenters. The molecule has 7 heteroatoms. The monoisotopic (exact) mass is 375 g/mol. The van der Waals surface area contributed by atoms with Crippen LogP contribution < -0.4 is 10.6 Å². The average Bonchev–Trinajstić information content (AvgIpc) is 3.28. The molecule has 1 heterocycles. The molecule has 2 N–H and O–H groups in total. The Morgan fingerprint density at radius 2 is 1.89 bits per heavy atom. The maximum absolute atomic E-state index is 12.8. The fraction of sp³-hybridized carbons (Fsp3) is 0.238. The van der Waals surface area contributed by atoms with Crippen LogP contribution in [0.1, 0.15) is 29.5 Å². The van der Waals surface area contributed by atoms with E-state index in [9.17, 15) is 9.59 Å². The second-order valence-corrected chi connectivity index (χ2v) is 7.11. The molecule has 0 bridgehead atoms. The third-order valence-electron chi connectivity index (χ3n) is 4.97. The first-order chi connectivity index (χ1) is 13.5. The Bertz CT molecular complexity index is 1040. The van der Waals surface area contributed by atoms with Gasteiger partial charge in [-0.2, -0.15) is 0 Å². The van der Waals surface area contributed by atoms with E-state index in [4.69, 9.17) is 0 Å². The van der Waals surface area contributed by atoms with Crippen molar-refractivity contribution >= 4 is 23.2 Å². The summed E-state index contributed by atoms with van der Waals surface area (Å²) in [5.74, 6) is 0.994. The molecule has 28 heavy (non-hydrogen) atoms. The average molecular weight is 375 g/mol. The summed E-state index contributed by atoms with van der Waals surface area (Å²) < 4.78 is 1.81. The van der Waals surface area contributed by atoms with E-state index in [1.54, 1.807) is 30.6 Å². The highest BCUT2D eigenvalue weighted by molar-refractivity contribution is 6.06. The Labute approximate surface area is 162 Å². The van der Waals surface area contributed by atoms with E-state index in [1.165, 1.54) is 0 Å². The number of rotatable bonds is 5. The summed E-state index contributed by atoms with van der Waals surface area (Å²) in [5.41, 5.74) is 2.53. The van der Waals surface area contributed by atoms with Gasteiger partial charge in [0.25, 0.3) is 5.91 Å². The van der Waals surface area contributed by atoms with E-state index >= 15 is 0 Å². The number of hydrogen-bond acceptors (Lipinski definition) is 4. The van der Waals surface area contributed by atoms with Gasteiger partial charge in [0.2, 0.25) is 5.91 Å². The van der Waals surface area contributed by atoms with Gasteiger partial charge in [-0.15, -0.1) is 10.2 Å². The molecular weight excluding hydrogens is 354 g/mol. The predicted molar refractivity (Wildman–Crippen MR) is 106 cm³/mol. The molecule has 2 amide bonds. The van der Waals surface area contributed by atoms with Gasteiger partial charge in [0, 0.05) is 17.2 Å². The van der Waals surface area contributed by atoms with E-state index < -0.39 is 0 Å². The summed E-state index contributed by atoms with van der Waals surface area (Å²) >= 11 is 0. The van der Waals surface area contributed by atoms with Crippen molar-refractivity contribution in [2.45, 2.75) is 20.3 Å². The first-order valence-corrected chi connectivity index (χ1v) is 9.21. The molecule has 1 aliphatic carbocycles. The van der Waals surface area contributed by atoms with Crippen LogP contribution in [0.4, 0.5) is 11.4 Å². The molecule has 4 rings (SSSR count). The lowest BCUT2D eigenvalue weighted by atomic mass is 10.1. The van der Waals surface area contributed by atoms with Gasteiger partial charge in [-0.25, -0.2) is 0 Å². The van der Waals surface area contributed by atoms with Gasteiger partial charge in [-0.1, -0.05) is 25.1 Å². The number of carbonyl (C=O) groups is 2. The largest absolute Gasteiger partial charge is 0.326 e. The SMILES string of the molecule is Cc1nncn1-c1ccccc1NC(=O)c1cccc(NC(=O)[C@@H]2C[C@H]2C)c1. The topological polar surface area (TPSA) is 88.9 Å². The molecule has 2 aromatic carbocycles. The van der Waals surface area contributed by atoms with Gasteiger partial charge in [-0.05, 0) is 49.6 Å². The molecule has 1 aromatic heterocycles. The van der Waals surface area contributed by atoms with Crippen LogP contribution in [-0.2, 0) is 4.79 Å². The lowest BCUT2D eigenvalue weighted by Gasteiger charge is -2.13. The number of amides is 2. The Kier molecular flexibility index (Phi) is 4.65. The lowest BCUT2D eigenvalue weighted by molar-refractivity contribution is -0.117. The molecule has 1 saturated carbocycles. The maximum Gasteiger partial charge on any atom is 0.255 e. The van der Waals surface area contributed by atoms with Crippen LogP contribution in [0, 0.1) is 18.8 Å².